The molecule has 2 heterocycles. The fourth-order valence-corrected chi connectivity index (χ4v) is 4.60. The number of aromatic nitrogens is 2. The molecular weight excluding hydrogens is 462 g/mol. The van der Waals surface area contributed by atoms with Crippen LogP contribution in [0.15, 0.2) is 53.3 Å². The van der Waals surface area contributed by atoms with Crippen molar-refractivity contribution in [3.63, 3.8) is 0 Å². The van der Waals surface area contributed by atoms with Gasteiger partial charge in [-0.1, -0.05) is 41.9 Å². The van der Waals surface area contributed by atoms with Crippen LogP contribution in [-0.2, 0) is 17.8 Å². The molecule has 0 bridgehead atoms. The van der Waals surface area contributed by atoms with E-state index in [0.717, 1.165) is 36.0 Å². The Balaban J connectivity index is 1.53. The molecule has 1 aromatic heterocycles. The first-order chi connectivity index (χ1) is 16.4. The second-order valence-corrected chi connectivity index (χ2v) is 9.00. The lowest BCUT2D eigenvalue weighted by atomic mass is 10.0. The minimum Gasteiger partial charge on any atom is -0.350 e. The number of halogens is 3. The summed E-state index contributed by atoms with van der Waals surface area (Å²) in [6, 6.07) is 15.1. The average molecular weight is 489 g/mol. The number of amides is 1. The predicted octanol–water partition coefficient (Wildman–Crippen LogP) is 3.88. The van der Waals surface area contributed by atoms with Crippen molar-refractivity contribution in [3.8, 4) is 0 Å². The number of likely N-dealkylation sites (tertiary alicyclic amines) is 1. The Bertz CT molecular complexity index is 1200. The Morgan fingerprint density at radius 2 is 1.88 bits per heavy atom. The topological polar surface area (TPSA) is 67.2 Å². The van der Waals surface area contributed by atoms with Crippen LogP contribution in [0.3, 0.4) is 0 Å². The summed E-state index contributed by atoms with van der Waals surface area (Å²) in [5.41, 5.74) is 1.72. The largest absolute Gasteiger partial charge is 0.350 e. The van der Waals surface area contributed by atoms with Crippen molar-refractivity contribution < 1.29 is 13.6 Å². The van der Waals surface area contributed by atoms with Gasteiger partial charge in [0.15, 0.2) is 0 Å². The molecule has 1 saturated heterocycles. The molecule has 1 aliphatic rings. The summed E-state index contributed by atoms with van der Waals surface area (Å²) in [6.45, 7) is 1.04. The lowest BCUT2D eigenvalue weighted by Gasteiger charge is -2.25. The molecule has 3 aromatic rings. The zero-order chi connectivity index (χ0) is 24.1. The summed E-state index contributed by atoms with van der Waals surface area (Å²) in [7, 11) is 0. The maximum atomic E-state index is 13.2. The van der Waals surface area contributed by atoms with Crippen LogP contribution in [0, 0.1) is 0 Å². The number of benzene rings is 2. The fourth-order valence-electron chi connectivity index (χ4n) is 4.48. The van der Waals surface area contributed by atoms with Crippen LogP contribution in [0.5, 0.6) is 0 Å². The summed E-state index contributed by atoms with van der Waals surface area (Å²) >= 11 is 6.02. The second kappa shape index (κ2) is 11.1. The number of carbonyl (C=O) groups is 1. The van der Waals surface area contributed by atoms with Crippen LogP contribution in [0.25, 0.3) is 10.8 Å². The molecule has 1 N–H and O–H groups in total. The molecular formula is C25H27ClF2N4O2. The number of alkyl halides is 2. The molecule has 1 aliphatic heterocycles. The van der Waals surface area contributed by atoms with Crippen molar-refractivity contribution in [2.24, 2.45) is 0 Å². The molecule has 1 unspecified atom stereocenters. The third kappa shape index (κ3) is 5.98. The SMILES string of the molecule is O=C(CCN1CCCC1Cn1nc(Cc2ccc(Cl)cc2)c2ccccc2c1=O)NCC(F)F. The van der Waals surface area contributed by atoms with Crippen molar-refractivity contribution in [1.82, 2.24) is 20.0 Å². The molecule has 4 rings (SSSR count). The summed E-state index contributed by atoms with van der Waals surface area (Å²) in [6.07, 6.45) is -0.0201. The summed E-state index contributed by atoms with van der Waals surface area (Å²) in [4.78, 5) is 27.2. The zero-order valence-corrected chi connectivity index (χ0v) is 19.5. The smallest absolute Gasteiger partial charge is 0.274 e. The Labute approximate surface area is 201 Å². The Kier molecular flexibility index (Phi) is 7.90. The highest BCUT2D eigenvalue weighted by molar-refractivity contribution is 6.30. The number of rotatable bonds is 9. The minimum absolute atomic E-state index is 0.0534. The van der Waals surface area contributed by atoms with E-state index in [1.165, 1.54) is 4.68 Å². The van der Waals surface area contributed by atoms with Crippen LogP contribution >= 0.6 is 11.6 Å². The third-order valence-electron chi connectivity index (χ3n) is 6.19. The first-order valence-corrected chi connectivity index (χ1v) is 11.8. The van der Waals surface area contributed by atoms with Gasteiger partial charge in [-0.15, -0.1) is 0 Å². The molecule has 1 fully saturated rings. The van der Waals surface area contributed by atoms with Gasteiger partial charge in [-0.2, -0.15) is 5.10 Å². The van der Waals surface area contributed by atoms with E-state index in [9.17, 15) is 18.4 Å². The van der Waals surface area contributed by atoms with E-state index in [1.54, 1.807) is 0 Å². The molecule has 0 saturated carbocycles. The molecule has 9 heteroatoms. The van der Waals surface area contributed by atoms with E-state index in [0.29, 0.717) is 29.9 Å². The normalized spacial score (nSPS) is 16.4. The van der Waals surface area contributed by atoms with Crippen LogP contribution < -0.4 is 10.9 Å². The van der Waals surface area contributed by atoms with E-state index in [1.807, 2.05) is 48.5 Å². The van der Waals surface area contributed by atoms with Crippen LogP contribution in [0.1, 0.15) is 30.5 Å². The third-order valence-corrected chi connectivity index (χ3v) is 6.44. The number of hydrogen-bond donors (Lipinski definition) is 1. The molecule has 1 atom stereocenters. The molecule has 0 radical (unpaired) electrons. The van der Waals surface area contributed by atoms with Gasteiger partial charge in [-0.3, -0.25) is 14.5 Å². The van der Waals surface area contributed by atoms with E-state index in [2.05, 4.69) is 10.2 Å². The van der Waals surface area contributed by atoms with E-state index in [4.69, 9.17) is 16.7 Å². The van der Waals surface area contributed by atoms with Gasteiger partial charge in [0.25, 0.3) is 12.0 Å². The first-order valence-electron chi connectivity index (χ1n) is 11.4. The monoisotopic (exact) mass is 488 g/mol. The van der Waals surface area contributed by atoms with Gasteiger partial charge in [0.2, 0.25) is 5.91 Å². The van der Waals surface area contributed by atoms with Crippen molar-refractivity contribution >= 4 is 28.3 Å². The number of fused-ring (bicyclic) bond motifs is 1. The lowest BCUT2D eigenvalue weighted by molar-refractivity contribution is -0.122. The van der Waals surface area contributed by atoms with Crippen molar-refractivity contribution in [2.45, 2.75) is 44.7 Å². The predicted molar refractivity (Wildman–Crippen MR) is 128 cm³/mol. The van der Waals surface area contributed by atoms with E-state index in [-0.39, 0.29) is 18.0 Å². The van der Waals surface area contributed by atoms with Crippen molar-refractivity contribution in [3.05, 3.63) is 75.2 Å². The van der Waals surface area contributed by atoms with Crippen molar-refractivity contribution in [2.75, 3.05) is 19.6 Å². The Morgan fingerprint density at radius 1 is 1.15 bits per heavy atom. The van der Waals surface area contributed by atoms with Crippen LogP contribution in [-0.4, -0.2) is 52.7 Å². The average Bonchev–Trinajstić information content (AvgIpc) is 3.27. The molecule has 0 aliphatic carbocycles. The van der Waals surface area contributed by atoms with Gasteiger partial charge in [0.1, 0.15) is 0 Å². The van der Waals surface area contributed by atoms with Crippen LogP contribution in [0.2, 0.25) is 5.02 Å². The van der Waals surface area contributed by atoms with Gasteiger partial charge in [0, 0.05) is 35.8 Å². The van der Waals surface area contributed by atoms with Gasteiger partial charge in [0.05, 0.1) is 24.2 Å². The van der Waals surface area contributed by atoms with Gasteiger partial charge in [-0.25, -0.2) is 13.5 Å². The van der Waals surface area contributed by atoms with Gasteiger partial charge < -0.3 is 5.32 Å². The quantitative estimate of drug-likeness (QED) is 0.496. The fraction of sp³-hybridized carbons (Fsp3) is 0.400. The molecule has 0 spiro atoms. The summed E-state index contributed by atoms with van der Waals surface area (Å²) in [5, 5.41) is 9.10. The van der Waals surface area contributed by atoms with Gasteiger partial charge >= 0.3 is 0 Å². The Morgan fingerprint density at radius 3 is 2.62 bits per heavy atom. The molecule has 6 nitrogen and oxygen atoms in total. The number of nitrogens with zero attached hydrogens (tertiary/aromatic N) is 3. The Hall–Kier alpha value is -2.84. The molecule has 180 valence electrons. The number of hydrogen-bond acceptors (Lipinski definition) is 4. The summed E-state index contributed by atoms with van der Waals surface area (Å²) in [5.74, 6) is -0.391. The highest BCUT2D eigenvalue weighted by Gasteiger charge is 2.26. The zero-order valence-electron chi connectivity index (χ0n) is 18.7. The molecule has 1 amide bonds. The highest BCUT2D eigenvalue weighted by Crippen LogP contribution is 2.21. The maximum Gasteiger partial charge on any atom is 0.274 e. The second-order valence-electron chi connectivity index (χ2n) is 8.56. The molecule has 2 aromatic carbocycles. The standard InChI is InChI=1S/C25H27ClF2N4O2/c26-18-9-7-17(8-10-18)14-22-20-5-1-2-6-21(20)25(34)32(30-22)16-19-4-3-12-31(19)13-11-24(33)29-15-23(27)28/h1-2,5-10,19,23H,3-4,11-16H2,(H,29,33). The number of carbonyl (C=O) groups excluding carboxylic acids is 1. The highest BCUT2D eigenvalue weighted by atomic mass is 35.5. The first kappa shape index (κ1) is 24.3. The summed E-state index contributed by atoms with van der Waals surface area (Å²) < 4.78 is 26.1. The lowest BCUT2D eigenvalue weighted by Crippen LogP contribution is -2.39. The van der Waals surface area contributed by atoms with Gasteiger partial charge in [-0.05, 0) is 43.1 Å². The van der Waals surface area contributed by atoms with E-state index < -0.39 is 18.9 Å². The van der Waals surface area contributed by atoms with E-state index >= 15 is 0 Å². The maximum absolute atomic E-state index is 13.2. The number of nitrogens with one attached hydrogen (secondary N) is 1. The van der Waals surface area contributed by atoms with Crippen LogP contribution in [0.4, 0.5) is 8.78 Å². The van der Waals surface area contributed by atoms with Crippen molar-refractivity contribution in [1.29, 1.82) is 0 Å². The minimum atomic E-state index is -2.56. The molecule has 34 heavy (non-hydrogen) atoms.